The number of allylic oxidation sites excluding steroid dienone is 1. The molecule has 4 aliphatic rings. The van der Waals surface area contributed by atoms with Gasteiger partial charge in [0.15, 0.2) is 0 Å². The van der Waals surface area contributed by atoms with Crippen LogP contribution in [0.2, 0.25) is 0 Å². The van der Waals surface area contributed by atoms with Crippen LogP contribution >= 0.6 is 11.8 Å². The second kappa shape index (κ2) is 9.34. The largest absolute Gasteiger partial charge is 0.465 e. The van der Waals surface area contributed by atoms with E-state index in [4.69, 9.17) is 4.74 Å². The predicted molar refractivity (Wildman–Crippen MR) is 132 cm³/mol. The number of aliphatic hydroxyl groups is 1. The fourth-order valence-electron chi connectivity index (χ4n) is 6.20. The maximum atomic E-state index is 14.2. The first-order valence-electron chi connectivity index (χ1n) is 12.5. The van der Waals surface area contributed by atoms with Gasteiger partial charge >= 0.3 is 5.97 Å². The third-order valence-electron chi connectivity index (χ3n) is 7.91. The number of cyclic esters (lactones) is 1. The molecule has 4 heterocycles. The zero-order chi connectivity index (χ0) is 24.8. The number of carbonyl (C=O) groups is 3. The van der Waals surface area contributed by atoms with Crippen molar-refractivity contribution in [1.82, 2.24) is 9.80 Å². The minimum absolute atomic E-state index is 0.0394. The maximum Gasteiger partial charge on any atom is 0.311 e. The van der Waals surface area contributed by atoms with E-state index < -0.39 is 33.4 Å². The third-order valence-corrected chi connectivity index (χ3v) is 9.70. The summed E-state index contributed by atoms with van der Waals surface area (Å²) in [5.41, 5.74) is 0. The molecule has 0 aliphatic carbocycles. The summed E-state index contributed by atoms with van der Waals surface area (Å²) in [5.74, 6) is -2.21. The summed E-state index contributed by atoms with van der Waals surface area (Å²) in [6.45, 7) is 10.4. The quantitative estimate of drug-likeness (QED) is 0.482. The van der Waals surface area contributed by atoms with Gasteiger partial charge in [0.2, 0.25) is 11.8 Å². The Morgan fingerprint density at radius 1 is 1.09 bits per heavy atom. The van der Waals surface area contributed by atoms with Gasteiger partial charge in [-0.1, -0.05) is 38.2 Å². The molecule has 0 aromatic rings. The summed E-state index contributed by atoms with van der Waals surface area (Å²) in [6, 6.07) is -1.34. The summed E-state index contributed by atoms with van der Waals surface area (Å²) in [5, 5.41) is 10.3. The van der Waals surface area contributed by atoms with Crippen molar-refractivity contribution >= 4 is 29.5 Å². The first-order chi connectivity index (χ1) is 16.1. The van der Waals surface area contributed by atoms with E-state index in [1.807, 2.05) is 46.8 Å². The lowest BCUT2D eigenvalue weighted by Crippen LogP contribution is -2.58. The predicted octanol–water partition coefficient (Wildman–Crippen LogP) is 2.78. The normalized spacial score (nSPS) is 37.9. The summed E-state index contributed by atoms with van der Waals surface area (Å²) < 4.78 is 4.11. The van der Waals surface area contributed by atoms with Gasteiger partial charge in [0.1, 0.15) is 6.04 Å². The Kier molecular flexibility index (Phi) is 6.95. The van der Waals surface area contributed by atoms with Crippen LogP contribution in [0.5, 0.6) is 0 Å². The fourth-order valence-corrected chi connectivity index (χ4v) is 8.34. The van der Waals surface area contributed by atoms with E-state index in [0.29, 0.717) is 13.2 Å². The second-order valence-corrected chi connectivity index (χ2v) is 12.6. The molecule has 6 atom stereocenters. The van der Waals surface area contributed by atoms with Crippen LogP contribution in [0, 0.1) is 17.8 Å². The summed E-state index contributed by atoms with van der Waals surface area (Å²) in [7, 11) is 0. The molecule has 7 nitrogen and oxygen atoms in total. The molecule has 1 N–H and O–H groups in total. The van der Waals surface area contributed by atoms with Crippen LogP contribution in [0.15, 0.2) is 24.3 Å². The molecule has 0 bridgehead atoms. The van der Waals surface area contributed by atoms with Gasteiger partial charge in [0, 0.05) is 17.3 Å². The Balaban J connectivity index is 1.91. The van der Waals surface area contributed by atoms with E-state index >= 15 is 0 Å². The standard InChI is InChI=1S/C26H38N2O5S/c1-16(2)18(15-29)28-21-23(31)27(17(3)4)13-10-12-26(21)19(22(28)30)20-24(32)33-14-9-7-6-8-11-25(20,5)34-26/h8,10-12,16-21,29H,6-7,9,13-15H2,1-5H3/b11-8-/t18-,19-,20-,21?,25+,26-/m0/s1. The van der Waals surface area contributed by atoms with E-state index in [9.17, 15) is 19.5 Å². The Labute approximate surface area is 206 Å². The number of fused-ring (bicyclic) bond motifs is 2. The molecule has 2 fully saturated rings. The van der Waals surface area contributed by atoms with Gasteiger partial charge in [-0.25, -0.2) is 0 Å². The van der Waals surface area contributed by atoms with E-state index in [2.05, 4.69) is 12.2 Å². The number of likely N-dealkylation sites (tertiary alicyclic amines) is 1. The van der Waals surface area contributed by atoms with Gasteiger partial charge in [-0.2, -0.15) is 0 Å². The number of thioether (sulfide) groups is 1. The summed E-state index contributed by atoms with van der Waals surface area (Å²) in [4.78, 5) is 45.2. The summed E-state index contributed by atoms with van der Waals surface area (Å²) >= 11 is 1.55. The molecule has 0 aromatic heterocycles. The van der Waals surface area contributed by atoms with Crippen molar-refractivity contribution in [3.63, 3.8) is 0 Å². The van der Waals surface area contributed by atoms with Crippen molar-refractivity contribution in [3.05, 3.63) is 24.3 Å². The molecule has 2 amide bonds. The molecule has 188 valence electrons. The number of hydrogen-bond donors (Lipinski definition) is 1. The molecule has 1 unspecified atom stereocenters. The molecule has 2 saturated heterocycles. The van der Waals surface area contributed by atoms with Crippen molar-refractivity contribution in [2.24, 2.45) is 17.8 Å². The molecule has 0 aromatic carbocycles. The first kappa shape index (κ1) is 25.3. The Morgan fingerprint density at radius 3 is 2.47 bits per heavy atom. The van der Waals surface area contributed by atoms with Gasteiger partial charge in [0.05, 0.1) is 35.8 Å². The van der Waals surface area contributed by atoms with Gasteiger partial charge in [-0.15, -0.1) is 11.8 Å². The molecular formula is C26H38N2O5S. The van der Waals surface area contributed by atoms with E-state index in [1.54, 1.807) is 21.6 Å². The highest BCUT2D eigenvalue weighted by molar-refractivity contribution is 8.02. The summed E-state index contributed by atoms with van der Waals surface area (Å²) in [6.07, 6.45) is 10.8. The number of carbonyl (C=O) groups excluding carboxylic acids is 3. The molecular weight excluding hydrogens is 452 g/mol. The van der Waals surface area contributed by atoms with E-state index in [-0.39, 0.29) is 36.4 Å². The molecule has 0 saturated carbocycles. The zero-order valence-corrected chi connectivity index (χ0v) is 21.7. The molecule has 4 rings (SSSR count). The minimum atomic E-state index is -0.906. The number of amides is 2. The molecule has 34 heavy (non-hydrogen) atoms. The van der Waals surface area contributed by atoms with Gasteiger partial charge in [-0.05, 0) is 46.0 Å². The van der Waals surface area contributed by atoms with Crippen molar-refractivity contribution in [2.75, 3.05) is 19.8 Å². The van der Waals surface area contributed by atoms with Gasteiger partial charge in [0.25, 0.3) is 0 Å². The van der Waals surface area contributed by atoms with Gasteiger partial charge < -0.3 is 19.6 Å². The smallest absolute Gasteiger partial charge is 0.311 e. The van der Waals surface area contributed by atoms with E-state index in [1.165, 1.54) is 0 Å². The van der Waals surface area contributed by atoms with Crippen LogP contribution in [0.1, 0.15) is 53.9 Å². The maximum absolute atomic E-state index is 14.2. The Hall–Kier alpha value is -1.80. The van der Waals surface area contributed by atoms with Crippen LogP contribution < -0.4 is 0 Å². The molecule has 8 heteroatoms. The molecule has 4 aliphatic heterocycles. The fraction of sp³-hybridized carbons (Fsp3) is 0.731. The zero-order valence-electron chi connectivity index (χ0n) is 20.9. The number of aliphatic hydroxyl groups excluding tert-OH is 1. The SMILES string of the molecule is CC(C)[C@H](CO)N1C(=O)[C@@H]2[C@H]3C(=O)OCCCC/C=C\[C@@]3(C)S[C@@]23C=CCN(C(C)C)C(=O)C13. The van der Waals surface area contributed by atoms with Crippen molar-refractivity contribution < 1.29 is 24.2 Å². The lowest BCUT2D eigenvalue weighted by molar-refractivity contribution is -0.155. The van der Waals surface area contributed by atoms with Crippen LogP contribution in [-0.2, 0) is 19.1 Å². The highest BCUT2D eigenvalue weighted by atomic mass is 32.2. The van der Waals surface area contributed by atoms with Crippen molar-refractivity contribution in [2.45, 2.75) is 81.5 Å². The monoisotopic (exact) mass is 490 g/mol. The number of nitrogens with zero attached hydrogens (tertiary/aromatic N) is 2. The number of hydrogen-bond acceptors (Lipinski definition) is 6. The van der Waals surface area contributed by atoms with Crippen LogP contribution in [-0.4, -0.2) is 80.1 Å². The highest BCUT2D eigenvalue weighted by Crippen LogP contribution is 2.65. The number of ether oxygens (including phenoxy) is 1. The molecule has 0 radical (unpaired) electrons. The van der Waals surface area contributed by atoms with E-state index in [0.717, 1.165) is 19.3 Å². The van der Waals surface area contributed by atoms with Crippen LogP contribution in [0.25, 0.3) is 0 Å². The van der Waals surface area contributed by atoms with Crippen LogP contribution in [0.3, 0.4) is 0 Å². The average Bonchev–Trinajstić information content (AvgIpc) is 3.08. The second-order valence-electron chi connectivity index (χ2n) is 10.8. The third kappa shape index (κ3) is 3.81. The average molecular weight is 491 g/mol. The first-order valence-corrected chi connectivity index (χ1v) is 13.4. The lowest BCUT2D eigenvalue weighted by atomic mass is 9.74. The Bertz CT molecular complexity index is 902. The Morgan fingerprint density at radius 2 is 1.82 bits per heavy atom. The number of esters is 1. The number of rotatable bonds is 4. The van der Waals surface area contributed by atoms with Crippen molar-refractivity contribution in [3.8, 4) is 0 Å². The van der Waals surface area contributed by atoms with Crippen molar-refractivity contribution in [1.29, 1.82) is 0 Å². The van der Waals surface area contributed by atoms with Crippen LogP contribution in [0.4, 0.5) is 0 Å². The molecule has 1 spiro atoms. The van der Waals surface area contributed by atoms with Gasteiger partial charge in [-0.3, -0.25) is 14.4 Å². The highest BCUT2D eigenvalue weighted by Gasteiger charge is 2.74. The minimum Gasteiger partial charge on any atom is -0.465 e. The topological polar surface area (TPSA) is 87.2 Å². The lowest BCUT2D eigenvalue weighted by Gasteiger charge is -2.41.